The van der Waals surface area contributed by atoms with Gasteiger partial charge in [0.25, 0.3) is 11.7 Å². The first-order valence-corrected chi connectivity index (χ1v) is 8.99. The number of pyridine rings is 1. The Balaban J connectivity index is 1.89. The van der Waals surface area contributed by atoms with E-state index in [0.717, 1.165) is 0 Å². The molecule has 1 aromatic heterocycles. The van der Waals surface area contributed by atoms with Gasteiger partial charge in [0.2, 0.25) is 0 Å². The molecule has 1 heterocycles. The van der Waals surface area contributed by atoms with E-state index in [2.05, 4.69) is 9.72 Å². The van der Waals surface area contributed by atoms with Crippen LogP contribution in [0.2, 0.25) is 0 Å². The highest BCUT2D eigenvalue weighted by Crippen LogP contribution is 2.26. The number of carbonyl (C=O) groups is 2. The first-order valence-electron chi connectivity index (χ1n) is 8.11. The number of hydrogen-bond acceptors (Lipinski definition) is 6. The maximum absolute atomic E-state index is 12.5. The van der Waals surface area contributed by atoms with Crippen molar-refractivity contribution in [3.8, 4) is 5.75 Å². The van der Waals surface area contributed by atoms with Crippen molar-refractivity contribution in [2.45, 2.75) is 23.9 Å². The van der Waals surface area contributed by atoms with E-state index >= 15 is 0 Å². The number of likely N-dealkylation sites (N-methyl/N-ethyl adjacent to an activating group) is 1. The summed E-state index contributed by atoms with van der Waals surface area (Å²) in [6, 6.07) is 8.36. The van der Waals surface area contributed by atoms with E-state index in [1.807, 2.05) is 0 Å². The Morgan fingerprint density at radius 3 is 2.45 bits per heavy atom. The topological polar surface area (TPSA) is 68.7 Å². The average Bonchev–Trinajstić information content (AvgIpc) is 2.67. The van der Waals surface area contributed by atoms with Gasteiger partial charge in [-0.15, -0.1) is 0 Å². The van der Waals surface area contributed by atoms with Gasteiger partial charge in [0.1, 0.15) is 10.8 Å². The molecule has 0 spiro atoms. The Labute approximate surface area is 167 Å². The van der Waals surface area contributed by atoms with Crippen LogP contribution in [-0.4, -0.2) is 47.8 Å². The largest absolute Gasteiger partial charge is 0.452 e. The number of hydrogen-bond donors (Lipinski definition) is 0. The van der Waals surface area contributed by atoms with Crippen molar-refractivity contribution in [3.05, 3.63) is 53.7 Å². The third-order valence-electron chi connectivity index (χ3n) is 3.51. The highest BCUT2D eigenvalue weighted by molar-refractivity contribution is 7.99. The second-order valence-corrected chi connectivity index (χ2v) is 6.56. The summed E-state index contributed by atoms with van der Waals surface area (Å²) < 4.78 is 58.5. The zero-order chi connectivity index (χ0) is 21.4. The molecule has 1 amide bonds. The minimum Gasteiger partial charge on any atom is -0.452 e. The fraction of sp³-hybridized carbons (Fsp3) is 0.278. The molecule has 0 atom stereocenters. The molecule has 0 N–H and O–H groups in total. The number of amides is 1. The highest BCUT2D eigenvalue weighted by Gasteiger charge is 2.19. The Morgan fingerprint density at radius 1 is 1.14 bits per heavy atom. The van der Waals surface area contributed by atoms with Crippen LogP contribution in [0.15, 0.2) is 47.6 Å². The van der Waals surface area contributed by atoms with Gasteiger partial charge < -0.3 is 14.4 Å². The molecule has 0 radical (unpaired) electrons. The van der Waals surface area contributed by atoms with Crippen molar-refractivity contribution >= 4 is 23.6 Å². The number of benzene rings is 1. The molecule has 6 nitrogen and oxygen atoms in total. The zero-order valence-electron chi connectivity index (χ0n) is 15.1. The van der Waals surface area contributed by atoms with E-state index in [0.29, 0.717) is 5.56 Å². The smallest absolute Gasteiger partial charge is 0.387 e. The Morgan fingerprint density at radius 2 is 1.83 bits per heavy atom. The van der Waals surface area contributed by atoms with Crippen LogP contribution in [0.4, 0.5) is 17.6 Å². The molecular weight excluding hydrogens is 416 g/mol. The van der Waals surface area contributed by atoms with Gasteiger partial charge in [0, 0.05) is 19.8 Å². The SMILES string of the molecule is CN(Cc1ccc(OC(F)F)cc1)C(=O)COC(=O)c1cccnc1SC(F)F. The molecule has 156 valence electrons. The number of halogens is 4. The number of carbonyl (C=O) groups excluding carboxylic acids is 2. The van der Waals surface area contributed by atoms with Crippen LogP contribution in [0.1, 0.15) is 15.9 Å². The van der Waals surface area contributed by atoms with E-state index in [1.54, 1.807) is 0 Å². The van der Waals surface area contributed by atoms with Gasteiger partial charge >= 0.3 is 12.6 Å². The standard InChI is InChI=1S/C18H16F4N2O4S/c1-24(9-11-4-6-12(7-5-11)28-17(19)20)14(25)10-27-16(26)13-3-2-8-23-15(13)29-18(21)22/h2-8,17-18H,9-10H2,1H3. The van der Waals surface area contributed by atoms with Crippen molar-refractivity contribution in [2.24, 2.45) is 0 Å². The molecule has 0 unspecified atom stereocenters. The Hall–Kier alpha value is -2.82. The lowest BCUT2D eigenvalue weighted by Crippen LogP contribution is -2.30. The fourth-order valence-electron chi connectivity index (χ4n) is 2.18. The lowest BCUT2D eigenvalue weighted by molar-refractivity contribution is -0.133. The summed E-state index contributed by atoms with van der Waals surface area (Å²) in [5.74, 6) is -4.27. The number of ether oxygens (including phenoxy) is 2. The molecule has 0 saturated carbocycles. The van der Waals surface area contributed by atoms with E-state index in [1.165, 1.54) is 54.5 Å². The molecule has 2 rings (SSSR count). The van der Waals surface area contributed by atoms with Gasteiger partial charge in [-0.2, -0.15) is 17.6 Å². The third-order valence-corrected chi connectivity index (χ3v) is 4.24. The van der Waals surface area contributed by atoms with Crippen LogP contribution >= 0.6 is 11.8 Å². The van der Waals surface area contributed by atoms with Gasteiger partial charge in [-0.1, -0.05) is 12.1 Å². The van der Waals surface area contributed by atoms with Crippen molar-refractivity contribution in [1.29, 1.82) is 0 Å². The van der Waals surface area contributed by atoms with Gasteiger partial charge in [0.05, 0.1) is 5.56 Å². The molecule has 0 fully saturated rings. The van der Waals surface area contributed by atoms with Crippen LogP contribution in [-0.2, 0) is 16.1 Å². The van der Waals surface area contributed by atoms with Crippen LogP contribution in [0.5, 0.6) is 5.75 Å². The number of aromatic nitrogens is 1. The van der Waals surface area contributed by atoms with Gasteiger partial charge in [-0.05, 0) is 41.6 Å². The van der Waals surface area contributed by atoms with E-state index in [9.17, 15) is 27.2 Å². The number of esters is 1. The monoisotopic (exact) mass is 432 g/mol. The van der Waals surface area contributed by atoms with Crippen molar-refractivity contribution in [3.63, 3.8) is 0 Å². The molecule has 29 heavy (non-hydrogen) atoms. The van der Waals surface area contributed by atoms with Crippen LogP contribution in [0, 0.1) is 0 Å². The third kappa shape index (κ3) is 7.26. The fourth-order valence-corrected chi connectivity index (χ4v) is 2.75. The quantitative estimate of drug-likeness (QED) is 0.341. The molecule has 0 aliphatic rings. The number of nitrogens with zero attached hydrogens (tertiary/aromatic N) is 2. The predicted molar refractivity (Wildman–Crippen MR) is 95.9 cm³/mol. The number of thioether (sulfide) groups is 1. The summed E-state index contributed by atoms with van der Waals surface area (Å²) >= 11 is 0.103. The summed E-state index contributed by atoms with van der Waals surface area (Å²) in [7, 11) is 1.46. The molecule has 0 saturated heterocycles. The maximum Gasteiger partial charge on any atom is 0.387 e. The minimum absolute atomic E-state index is 0.0133. The predicted octanol–water partition coefficient (Wildman–Crippen LogP) is 3.81. The van der Waals surface area contributed by atoms with Crippen molar-refractivity contribution in [1.82, 2.24) is 9.88 Å². The number of alkyl halides is 4. The van der Waals surface area contributed by atoms with Crippen LogP contribution < -0.4 is 4.74 Å². The summed E-state index contributed by atoms with van der Waals surface area (Å²) in [6.45, 7) is -3.40. The molecule has 0 aliphatic carbocycles. The molecule has 0 bridgehead atoms. The molecule has 11 heteroatoms. The molecule has 2 aromatic rings. The minimum atomic E-state index is -2.93. The zero-order valence-corrected chi connectivity index (χ0v) is 15.9. The summed E-state index contributed by atoms with van der Waals surface area (Å²) in [5.41, 5.74) is 0.472. The molecule has 1 aromatic carbocycles. The maximum atomic E-state index is 12.5. The first kappa shape index (κ1) is 22.5. The lowest BCUT2D eigenvalue weighted by Gasteiger charge is -2.17. The summed E-state index contributed by atoms with van der Waals surface area (Å²) in [6.07, 6.45) is 1.26. The molecule has 0 aliphatic heterocycles. The lowest BCUT2D eigenvalue weighted by atomic mass is 10.2. The van der Waals surface area contributed by atoms with Crippen molar-refractivity contribution < 1.29 is 36.6 Å². The summed E-state index contributed by atoms with van der Waals surface area (Å²) in [4.78, 5) is 29.2. The van der Waals surface area contributed by atoms with Crippen LogP contribution in [0.25, 0.3) is 0 Å². The van der Waals surface area contributed by atoms with Gasteiger partial charge in [-0.25, -0.2) is 9.78 Å². The normalized spacial score (nSPS) is 10.9. The second-order valence-electron chi connectivity index (χ2n) is 5.58. The van der Waals surface area contributed by atoms with E-state index in [-0.39, 0.29) is 34.6 Å². The number of rotatable bonds is 9. The average molecular weight is 432 g/mol. The van der Waals surface area contributed by atoms with Gasteiger partial charge in [0.15, 0.2) is 6.61 Å². The highest BCUT2D eigenvalue weighted by atomic mass is 32.2. The van der Waals surface area contributed by atoms with Crippen molar-refractivity contribution in [2.75, 3.05) is 13.7 Å². The second kappa shape index (κ2) is 10.6. The van der Waals surface area contributed by atoms with E-state index in [4.69, 9.17) is 4.74 Å². The summed E-state index contributed by atoms with van der Waals surface area (Å²) in [5, 5.41) is -0.195. The molecular formula is C18H16F4N2O4S. The Kier molecular flexibility index (Phi) is 8.25. The van der Waals surface area contributed by atoms with Crippen LogP contribution in [0.3, 0.4) is 0 Å². The first-order chi connectivity index (χ1) is 13.8. The van der Waals surface area contributed by atoms with E-state index < -0.39 is 30.9 Å². The van der Waals surface area contributed by atoms with Gasteiger partial charge in [-0.3, -0.25) is 4.79 Å². The Bertz CT molecular complexity index is 837.